The molecule has 68 valence electrons. The first-order valence-electron chi connectivity index (χ1n) is 4.25. The first kappa shape index (κ1) is 9.72. The summed E-state index contributed by atoms with van der Waals surface area (Å²) in [6.07, 6.45) is 6.54. The zero-order valence-corrected chi connectivity index (χ0v) is 9.09. The maximum absolute atomic E-state index is 3.38. The fraction of sp³-hybridized carbons (Fsp3) is 0.600. The highest BCUT2D eigenvalue weighted by Crippen LogP contribution is 2.32. The summed E-state index contributed by atoms with van der Waals surface area (Å²) in [6, 6.07) is 0. The van der Waals surface area contributed by atoms with E-state index in [4.69, 9.17) is 0 Å². The van der Waals surface area contributed by atoms with Gasteiger partial charge >= 0.3 is 0 Å². The second-order valence-corrected chi connectivity index (χ2v) is 4.80. The molecule has 2 heteroatoms. The second-order valence-electron chi connectivity index (χ2n) is 3.98. The van der Waals surface area contributed by atoms with E-state index in [1.807, 2.05) is 0 Å². The summed E-state index contributed by atoms with van der Waals surface area (Å²) < 4.78 is 0. The highest BCUT2D eigenvalue weighted by molar-refractivity contribution is 8.02. The molecule has 0 aromatic heterocycles. The van der Waals surface area contributed by atoms with E-state index in [-0.39, 0.29) is 5.41 Å². The van der Waals surface area contributed by atoms with E-state index in [0.29, 0.717) is 0 Å². The number of hydrogen-bond donors (Lipinski definition) is 1. The quantitative estimate of drug-likeness (QED) is 0.671. The molecule has 1 rings (SSSR count). The van der Waals surface area contributed by atoms with E-state index < -0.39 is 0 Å². The lowest BCUT2D eigenvalue weighted by Gasteiger charge is -2.26. The van der Waals surface area contributed by atoms with Crippen molar-refractivity contribution in [2.45, 2.75) is 20.8 Å². The van der Waals surface area contributed by atoms with Crippen molar-refractivity contribution < 1.29 is 0 Å². The smallest absolute Gasteiger partial charge is 0.0719 e. The molecule has 0 bridgehead atoms. The maximum Gasteiger partial charge on any atom is 0.0719 e. The third kappa shape index (κ3) is 2.07. The van der Waals surface area contributed by atoms with Crippen LogP contribution < -0.4 is 5.32 Å². The monoisotopic (exact) mass is 183 g/mol. The van der Waals surface area contributed by atoms with Crippen LogP contribution in [0.4, 0.5) is 0 Å². The Labute approximate surface area is 79.3 Å². The van der Waals surface area contributed by atoms with Crippen LogP contribution in [0.25, 0.3) is 0 Å². The average molecular weight is 183 g/mol. The van der Waals surface area contributed by atoms with Gasteiger partial charge in [0.25, 0.3) is 0 Å². The van der Waals surface area contributed by atoms with E-state index in [2.05, 4.69) is 44.5 Å². The van der Waals surface area contributed by atoms with Crippen LogP contribution >= 0.6 is 11.8 Å². The van der Waals surface area contributed by atoms with Gasteiger partial charge in [0, 0.05) is 6.54 Å². The lowest BCUT2D eigenvalue weighted by Crippen LogP contribution is -2.22. The zero-order valence-electron chi connectivity index (χ0n) is 8.27. The molecule has 0 fully saturated rings. The Balaban J connectivity index is 2.97. The first-order valence-corrected chi connectivity index (χ1v) is 5.47. The molecule has 1 N–H and O–H groups in total. The predicted molar refractivity (Wildman–Crippen MR) is 57.1 cm³/mol. The Hall–Kier alpha value is -0.370. The Morgan fingerprint density at radius 1 is 1.42 bits per heavy atom. The summed E-state index contributed by atoms with van der Waals surface area (Å²) in [7, 11) is 0. The van der Waals surface area contributed by atoms with Crippen molar-refractivity contribution in [2.24, 2.45) is 5.41 Å². The minimum atomic E-state index is 0.252. The van der Waals surface area contributed by atoms with Gasteiger partial charge in [-0.15, -0.1) is 11.8 Å². The van der Waals surface area contributed by atoms with Crippen molar-refractivity contribution in [3.63, 3.8) is 0 Å². The van der Waals surface area contributed by atoms with Gasteiger partial charge in [0.1, 0.15) is 0 Å². The summed E-state index contributed by atoms with van der Waals surface area (Å²) in [5.74, 6) is 0. The first-order chi connectivity index (χ1) is 5.55. The number of nitrogens with one attached hydrogen (secondary N) is 1. The fourth-order valence-electron chi connectivity index (χ4n) is 1.27. The van der Waals surface area contributed by atoms with Crippen LogP contribution in [0.3, 0.4) is 0 Å². The molecule has 0 saturated heterocycles. The molecule has 0 amide bonds. The van der Waals surface area contributed by atoms with Crippen molar-refractivity contribution >= 4 is 11.8 Å². The molecule has 0 unspecified atom stereocenters. The van der Waals surface area contributed by atoms with Crippen LogP contribution in [0.15, 0.2) is 22.8 Å². The predicted octanol–water partition coefficient (Wildman–Crippen LogP) is 2.77. The number of thioether (sulfide) groups is 1. The Kier molecular flexibility index (Phi) is 2.89. The Bertz CT molecular complexity index is 220. The standard InChI is InChI=1S/C10H17NS/c1-10(2,3)8-6-5-7-11-9(8)12-4/h5-6,11H,7H2,1-4H3. The van der Waals surface area contributed by atoms with Gasteiger partial charge in [0.2, 0.25) is 0 Å². The largest absolute Gasteiger partial charge is 0.376 e. The van der Waals surface area contributed by atoms with Gasteiger partial charge in [-0.05, 0) is 17.2 Å². The van der Waals surface area contributed by atoms with Gasteiger partial charge in [0.15, 0.2) is 0 Å². The lowest BCUT2D eigenvalue weighted by molar-refractivity contribution is 0.509. The summed E-state index contributed by atoms with van der Waals surface area (Å²) in [5.41, 5.74) is 1.67. The summed E-state index contributed by atoms with van der Waals surface area (Å²) in [6.45, 7) is 7.71. The van der Waals surface area contributed by atoms with Crippen LogP contribution in [-0.2, 0) is 0 Å². The van der Waals surface area contributed by atoms with Crippen LogP contribution in [0.2, 0.25) is 0 Å². The molecule has 0 radical (unpaired) electrons. The van der Waals surface area contributed by atoms with Gasteiger partial charge in [-0.3, -0.25) is 0 Å². The van der Waals surface area contributed by atoms with Gasteiger partial charge in [0.05, 0.1) is 5.03 Å². The molecule has 0 saturated carbocycles. The molecule has 0 spiro atoms. The van der Waals surface area contributed by atoms with Crippen LogP contribution in [0.1, 0.15) is 20.8 Å². The maximum atomic E-state index is 3.38. The van der Waals surface area contributed by atoms with Crippen molar-refractivity contribution in [3.05, 3.63) is 22.8 Å². The van der Waals surface area contributed by atoms with Gasteiger partial charge in [-0.1, -0.05) is 32.9 Å². The van der Waals surface area contributed by atoms with E-state index in [0.717, 1.165) is 6.54 Å². The molecular formula is C10H17NS. The van der Waals surface area contributed by atoms with Crippen LogP contribution in [0, 0.1) is 5.41 Å². The van der Waals surface area contributed by atoms with E-state index in [1.165, 1.54) is 10.6 Å². The molecular weight excluding hydrogens is 166 g/mol. The van der Waals surface area contributed by atoms with Crippen LogP contribution in [-0.4, -0.2) is 12.8 Å². The molecule has 1 aliphatic heterocycles. The molecule has 1 nitrogen and oxygen atoms in total. The van der Waals surface area contributed by atoms with Crippen molar-refractivity contribution in [1.82, 2.24) is 5.32 Å². The molecule has 0 aliphatic carbocycles. The van der Waals surface area contributed by atoms with Crippen molar-refractivity contribution in [1.29, 1.82) is 0 Å². The van der Waals surface area contributed by atoms with Crippen molar-refractivity contribution in [2.75, 3.05) is 12.8 Å². The third-order valence-electron chi connectivity index (χ3n) is 1.92. The summed E-state index contributed by atoms with van der Waals surface area (Å²) in [4.78, 5) is 0. The molecule has 1 heterocycles. The normalized spacial score (nSPS) is 18.0. The SMILES string of the molecule is CSC1=C(C(C)(C)C)C=CCN1. The highest BCUT2D eigenvalue weighted by atomic mass is 32.2. The highest BCUT2D eigenvalue weighted by Gasteiger charge is 2.20. The second kappa shape index (κ2) is 3.56. The number of allylic oxidation sites excluding steroid dienone is 2. The molecule has 0 aromatic rings. The number of hydrogen-bond acceptors (Lipinski definition) is 2. The van der Waals surface area contributed by atoms with Gasteiger partial charge in [-0.25, -0.2) is 0 Å². The minimum Gasteiger partial charge on any atom is -0.376 e. The van der Waals surface area contributed by atoms with Gasteiger partial charge < -0.3 is 5.32 Å². The van der Waals surface area contributed by atoms with Crippen LogP contribution in [0.5, 0.6) is 0 Å². The van der Waals surface area contributed by atoms with Crippen molar-refractivity contribution in [3.8, 4) is 0 Å². The summed E-state index contributed by atoms with van der Waals surface area (Å²) >= 11 is 1.80. The van der Waals surface area contributed by atoms with Gasteiger partial charge in [-0.2, -0.15) is 0 Å². The average Bonchev–Trinajstić information content (AvgIpc) is 2.03. The molecule has 0 atom stereocenters. The molecule has 1 aliphatic rings. The Morgan fingerprint density at radius 3 is 2.50 bits per heavy atom. The zero-order chi connectivity index (χ0) is 9.19. The topological polar surface area (TPSA) is 12.0 Å². The minimum absolute atomic E-state index is 0.252. The number of dihydropyridines is 1. The fourth-order valence-corrected chi connectivity index (χ4v) is 2.09. The van der Waals surface area contributed by atoms with E-state index in [1.54, 1.807) is 11.8 Å². The summed E-state index contributed by atoms with van der Waals surface area (Å²) in [5, 5.41) is 4.71. The Morgan fingerprint density at radius 2 is 2.08 bits per heavy atom. The van der Waals surface area contributed by atoms with E-state index in [9.17, 15) is 0 Å². The molecule has 0 aromatic carbocycles. The van der Waals surface area contributed by atoms with E-state index >= 15 is 0 Å². The number of rotatable bonds is 1. The lowest BCUT2D eigenvalue weighted by atomic mass is 9.86. The third-order valence-corrected chi connectivity index (χ3v) is 2.69. The molecule has 12 heavy (non-hydrogen) atoms.